The van der Waals surface area contributed by atoms with Crippen LogP contribution in [0.5, 0.6) is 5.75 Å². The fraction of sp³-hybridized carbons (Fsp3) is 0.583. The minimum absolute atomic E-state index is 0.567. The molecule has 0 saturated heterocycles. The van der Waals surface area contributed by atoms with Gasteiger partial charge in [0.2, 0.25) is 5.79 Å². The summed E-state index contributed by atoms with van der Waals surface area (Å²) in [6, 6.07) is 0. The SMILES string of the molecule is Cc1ncc(CCCl)c2c1OC(C)(C)OC2. The quantitative estimate of drug-likeness (QED) is 0.747. The maximum atomic E-state index is 5.81. The normalized spacial score (nSPS) is 17.8. The van der Waals surface area contributed by atoms with E-state index in [1.807, 2.05) is 27.0 Å². The maximum absolute atomic E-state index is 5.81. The fourth-order valence-electron chi connectivity index (χ4n) is 1.81. The molecule has 2 rings (SSSR count). The van der Waals surface area contributed by atoms with Crippen LogP contribution in [0.1, 0.15) is 30.7 Å². The average Bonchev–Trinajstić information content (AvgIpc) is 2.22. The van der Waals surface area contributed by atoms with Gasteiger partial charge in [-0.15, -0.1) is 11.6 Å². The number of hydrogen-bond acceptors (Lipinski definition) is 3. The number of nitrogens with zero attached hydrogens (tertiary/aromatic N) is 1. The Labute approximate surface area is 101 Å². The van der Waals surface area contributed by atoms with Crippen molar-refractivity contribution in [2.24, 2.45) is 0 Å². The molecule has 0 unspecified atom stereocenters. The molecule has 1 aromatic rings. The Hall–Kier alpha value is -0.800. The van der Waals surface area contributed by atoms with Crippen molar-refractivity contribution in [2.75, 3.05) is 5.88 Å². The van der Waals surface area contributed by atoms with E-state index in [4.69, 9.17) is 21.1 Å². The number of aromatic nitrogens is 1. The highest BCUT2D eigenvalue weighted by Crippen LogP contribution is 2.35. The average molecular weight is 242 g/mol. The maximum Gasteiger partial charge on any atom is 0.205 e. The van der Waals surface area contributed by atoms with Crippen LogP contribution in [0.15, 0.2) is 6.20 Å². The van der Waals surface area contributed by atoms with E-state index in [-0.39, 0.29) is 0 Å². The molecule has 2 heterocycles. The summed E-state index contributed by atoms with van der Waals surface area (Å²) >= 11 is 5.76. The van der Waals surface area contributed by atoms with Crippen molar-refractivity contribution >= 4 is 11.6 Å². The second-order valence-electron chi connectivity index (χ2n) is 4.41. The molecule has 0 aromatic carbocycles. The predicted octanol–water partition coefficient (Wildman–Crippen LogP) is 2.82. The van der Waals surface area contributed by atoms with Crippen LogP contribution >= 0.6 is 11.6 Å². The molecule has 4 heteroatoms. The molecule has 0 amide bonds. The van der Waals surface area contributed by atoms with Crippen molar-refractivity contribution in [3.63, 3.8) is 0 Å². The fourth-order valence-corrected chi connectivity index (χ4v) is 2.01. The Bertz CT molecular complexity index is 404. The lowest BCUT2D eigenvalue weighted by Crippen LogP contribution is -2.36. The Balaban J connectivity index is 2.43. The number of halogens is 1. The molecule has 0 N–H and O–H groups in total. The molecule has 0 spiro atoms. The molecular weight excluding hydrogens is 226 g/mol. The van der Waals surface area contributed by atoms with Gasteiger partial charge >= 0.3 is 0 Å². The molecule has 0 aliphatic carbocycles. The first-order valence-corrected chi connectivity index (χ1v) is 5.93. The number of fused-ring (bicyclic) bond motifs is 1. The van der Waals surface area contributed by atoms with E-state index < -0.39 is 5.79 Å². The van der Waals surface area contributed by atoms with Gasteiger partial charge in [0.05, 0.1) is 12.3 Å². The monoisotopic (exact) mass is 241 g/mol. The molecule has 0 atom stereocenters. The van der Waals surface area contributed by atoms with Gasteiger partial charge in [-0.1, -0.05) is 0 Å². The zero-order valence-corrected chi connectivity index (χ0v) is 10.6. The third kappa shape index (κ3) is 2.15. The number of aryl methyl sites for hydroxylation is 2. The van der Waals surface area contributed by atoms with E-state index in [1.54, 1.807) is 0 Å². The Morgan fingerprint density at radius 1 is 1.50 bits per heavy atom. The summed E-state index contributed by atoms with van der Waals surface area (Å²) in [5.74, 6) is 0.874. The van der Waals surface area contributed by atoms with Crippen LogP contribution < -0.4 is 4.74 Å². The van der Waals surface area contributed by atoms with E-state index in [2.05, 4.69) is 4.98 Å². The molecular formula is C12H16ClNO2. The van der Waals surface area contributed by atoms with Crippen LogP contribution in [0.4, 0.5) is 0 Å². The lowest BCUT2D eigenvalue weighted by atomic mass is 10.0. The molecule has 16 heavy (non-hydrogen) atoms. The summed E-state index contributed by atoms with van der Waals surface area (Å²) in [5.41, 5.74) is 3.11. The molecule has 0 bridgehead atoms. The zero-order valence-electron chi connectivity index (χ0n) is 9.84. The molecule has 3 nitrogen and oxygen atoms in total. The lowest BCUT2D eigenvalue weighted by molar-refractivity contribution is -0.180. The van der Waals surface area contributed by atoms with Crippen molar-refractivity contribution in [3.05, 3.63) is 23.0 Å². The van der Waals surface area contributed by atoms with Gasteiger partial charge in [0.15, 0.2) is 0 Å². The van der Waals surface area contributed by atoms with Gasteiger partial charge in [0.25, 0.3) is 0 Å². The summed E-state index contributed by atoms with van der Waals surface area (Å²) in [6.07, 6.45) is 2.66. The highest BCUT2D eigenvalue weighted by atomic mass is 35.5. The summed E-state index contributed by atoms with van der Waals surface area (Å²) in [7, 11) is 0. The van der Waals surface area contributed by atoms with Crippen LogP contribution in [-0.2, 0) is 17.8 Å². The Kier molecular flexibility index (Phi) is 3.08. The highest BCUT2D eigenvalue weighted by Gasteiger charge is 2.30. The third-order valence-corrected chi connectivity index (χ3v) is 2.87. The van der Waals surface area contributed by atoms with E-state index in [0.29, 0.717) is 12.5 Å². The van der Waals surface area contributed by atoms with Gasteiger partial charge < -0.3 is 9.47 Å². The van der Waals surface area contributed by atoms with Crippen molar-refractivity contribution in [3.8, 4) is 5.75 Å². The first-order chi connectivity index (χ1) is 7.53. The standard InChI is InChI=1S/C12H16ClNO2/c1-8-11-10(7-15-12(2,3)16-11)9(4-5-13)6-14-8/h6H,4-5,7H2,1-3H3. The smallest absolute Gasteiger partial charge is 0.205 e. The molecule has 1 aromatic heterocycles. The van der Waals surface area contributed by atoms with Crippen molar-refractivity contribution in [1.82, 2.24) is 4.98 Å². The van der Waals surface area contributed by atoms with Crippen molar-refractivity contribution in [1.29, 1.82) is 0 Å². The van der Waals surface area contributed by atoms with Gasteiger partial charge in [-0.25, -0.2) is 0 Å². The second kappa shape index (κ2) is 4.22. The summed E-state index contributed by atoms with van der Waals surface area (Å²) in [4.78, 5) is 4.34. The van der Waals surface area contributed by atoms with Crippen molar-refractivity contribution < 1.29 is 9.47 Å². The lowest BCUT2D eigenvalue weighted by Gasteiger charge is -2.34. The van der Waals surface area contributed by atoms with Crippen LogP contribution in [0.25, 0.3) is 0 Å². The molecule has 0 fully saturated rings. The second-order valence-corrected chi connectivity index (χ2v) is 4.78. The van der Waals surface area contributed by atoms with E-state index in [0.717, 1.165) is 29.0 Å². The number of rotatable bonds is 2. The largest absolute Gasteiger partial charge is 0.461 e. The number of hydrogen-bond donors (Lipinski definition) is 0. The highest BCUT2D eigenvalue weighted by molar-refractivity contribution is 6.18. The first kappa shape index (κ1) is 11.7. The van der Waals surface area contributed by atoms with E-state index >= 15 is 0 Å². The van der Waals surface area contributed by atoms with Gasteiger partial charge in [-0.05, 0) is 18.9 Å². The molecule has 0 radical (unpaired) electrons. The zero-order chi connectivity index (χ0) is 11.8. The first-order valence-electron chi connectivity index (χ1n) is 5.40. The number of alkyl halides is 1. The van der Waals surface area contributed by atoms with Crippen molar-refractivity contribution in [2.45, 2.75) is 39.6 Å². The van der Waals surface area contributed by atoms with Gasteiger partial charge in [0, 0.05) is 31.5 Å². The molecule has 0 saturated carbocycles. The van der Waals surface area contributed by atoms with Crippen LogP contribution in [0, 0.1) is 6.92 Å². The van der Waals surface area contributed by atoms with Gasteiger partial charge in [0.1, 0.15) is 5.75 Å². The molecule has 1 aliphatic rings. The summed E-state index contributed by atoms with van der Waals surface area (Å²) in [5, 5.41) is 0. The minimum Gasteiger partial charge on any atom is -0.461 e. The number of pyridine rings is 1. The summed E-state index contributed by atoms with van der Waals surface area (Å²) < 4.78 is 11.4. The predicted molar refractivity (Wildman–Crippen MR) is 62.9 cm³/mol. The van der Waals surface area contributed by atoms with Crippen LogP contribution in [0.3, 0.4) is 0 Å². The van der Waals surface area contributed by atoms with E-state index in [9.17, 15) is 0 Å². The van der Waals surface area contributed by atoms with Crippen LogP contribution in [-0.4, -0.2) is 16.7 Å². The number of ether oxygens (including phenoxy) is 2. The third-order valence-electron chi connectivity index (χ3n) is 2.68. The topological polar surface area (TPSA) is 31.4 Å². The Morgan fingerprint density at radius 3 is 2.94 bits per heavy atom. The summed E-state index contributed by atoms with van der Waals surface area (Å²) in [6.45, 7) is 6.33. The van der Waals surface area contributed by atoms with Gasteiger partial charge in [-0.3, -0.25) is 4.98 Å². The molecule has 88 valence electrons. The van der Waals surface area contributed by atoms with Gasteiger partial charge in [-0.2, -0.15) is 0 Å². The van der Waals surface area contributed by atoms with Crippen LogP contribution in [0.2, 0.25) is 0 Å². The Morgan fingerprint density at radius 2 is 2.25 bits per heavy atom. The van der Waals surface area contributed by atoms with E-state index in [1.165, 1.54) is 0 Å². The minimum atomic E-state index is -0.570. The molecule has 1 aliphatic heterocycles.